The number of nitrogens with one attached hydrogen (secondary N) is 4. The van der Waals surface area contributed by atoms with Crippen LogP contribution in [0.3, 0.4) is 0 Å². The fourth-order valence-electron chi connectivity index (χ4n) is 7.12. The van der Waals surface area contributed by atoms with E-state index in [4.69, 9.17) is 24.1 Å². The molecular formula is C48H63N5O10. The summed E-state index contributed by atoms with van der Waals surface area (Å²) in [5.41, 5.74) is 8.56. The third-order valence-electron chi connectivity index (χ3n) is 10.6. The molecule has 63 heavy (non-hydrogen) atoms. The maximum absolute atomic E-state index is 13.5. The number of allylic oxidation sites excluding steroid dienone is 2. The van der Waals surface area contributed by atoms with Gasteiger partial charge >= 0.3 is 0 Å². The van der Waals surface area contributed by atoms with Gasteiger partial charge in [-0.2, -0.15) is 0 Å². The zero-order valence-corrected chi connectivity index (χ0v) is 36.6. The second-order valence-corrected chi connectivity index (χ2v) is 15.8. The van der Waals surface area contributed by atoms with Gasteiger partial charge in [-0.05, 0) is 71.2 Å². The molecule has 15 heteroatoms. The highest BCUT2D eigenvalue weighted by Crippen LogP contribution is 2.52. The monoisotopic (exact) mass is 869 g/mol. The largest absolute Gasteiger partial charge is 0.392 e. The maximum atomic E-state index is 13.5. The van der Waals surface area contributed by atoms with E-state index >= 15 is 0 Å². The predicted octanol–water partition coefficient (Wildman–Crippen LogP) is 4.76. The molecule has 2 aliphatic rings. The van der Waals surface area contributed by atoms with E-state index in [9.17, 15) is 24.0 Å². The van der Waals surface area contributed by atoms with E-state index in [1.54, 1.807) is 38.1 Å². The lowest BCUT2D eigenvalue weighted by Gasteiger charge is -2.27. The van der Waals surface area contributed by atoms with Crippen molar-refractivity contribution in [3.05, 3.63) is 95.1 Å². The highest BCUT2D eigenvalue weighted by molar-refractivity contribution is 6.12. The van der Waals surface area contributed by atoms with Crippen LogP contribution in [0.1, 0.15) is 81.0 Å². The number of nitrogens with zero attached hydrogens (tertiary/aromatic N) is 1. The van der Waals surface area contributed by atoms with Gasteiger partial charge in [-0.25, -0.2) is 0 Å². The van der Waals surface area contributed by atoms with Crippen molar-refractivity contribution in [2.75, 3.05) is 76.2 Å². The number of carbonyl (C=O) groups is 5. The van der Waals surface area contributed by atoms with Gasteiger partial charge in [0, 0.05) is 37.1 Å². The number of para-hydroxylation sites is 1. The highest BCUT2D eigenvalue weighted by atomic mass is 16.6. The molecule has 1 aliphatic carbocycles. The number of hydrogen-bond acceptors (Lipinski definition) is 10. The maximum Gasteiger partial charge on any atom is 0.243 e. The average molecular weight is 870 g/mol. The van der Waals surface area contributed by atoms with Gasteiger partial charge in [0.25, 0.3) is 0 Å². The molecule has 340 valence electrons. The summed E-state index contributed by atoms with van der Waals surface area (Å²) < 4.78 is 22.0. The number of anilines is 2. The molecule has 5 rings (SSSR count). The lowest BCUT2D eigenvalue weighted by atomic mass is 10.0. The van der Waals surface area contributed by atoms with Crippen molar-refractivity contribution in [3.63, 3.8) is 0 Å². The van der Waals surface area contributed by atoms with Gasteiger partial charge < -0.3 is 50.2 Å². The molecule has 5 N–H and O–H groups in total. The quantitative estimate of drug-likeness (QED) is 0.0636. The lowest BCUT2D eigenvalue weighted by Crippen LogP contribution is -2.51. The molecule has 0 bridgehead atoms. The summed E-state index contributed by atoms with van der Waals surface area (Å²) >= 11 is 0. The SMILES string of the molecule is CC(C)[C@H](NC(=O)CCOCCOCCOCCOCCC(=O)NCCCCCC(=O)N1Cc2ccccc2C2=C(C2)c2ccccc21)C(=O)NCC(=O)Nc1ccc(CO)cc1. The van der Waals surface area contributed by atoms with Gasteiger partial charge in [0.05, 0.1) is 78.2 Å². The minimum absolute atomic E-state index is 0.0560. The summed E-state index contributed by atoms with van der Waals surface area (Å²) in [7, 11) is 0. The van der Waals surface area contributed by atoms with Crippen molar-refractivity contribution in [2.24, 2.45) is 5.92 Å². The number of hydrogen-bond donors (Lipinski definition) is 5. The van der Waals surface area contributed by atoms with Crippen molar-refractivity contribution in [1.82, 2.24) is 16.0 Å². The van der Waals surface area contributed by atoms with E-state index in [-0.39, 0.29) is 62.8 Å². The second kappa shape index (κ2) is 26.2. The van der Waals surface area contributed by atoms with E-state index in [0.29, 0.717) is 70.4 Å². The minimum Gasteiger partial charge on any atom is -0.392 e. The highest BCUT2D eigenvalue weighted by Gasteiger charge is 2.33. The van der Waals surface area contributed by atoms with Crippen LogP contribution < -0.4 is 26.2 Å². The molecule has 0 saturated carbocycles. The molecule has 0 radical (unpaired) electrons. The minimum atomic E-state index is -0.816. The summed E-state index contributed by atoms with van der Waals surface area (Å²) in [6, 6.07) is 22.5. The van der Waals surface area contributed by atoms with Gasteiger partial charge in [0.15, 0.2) is 0 Å². The van der Waals surface area contributed by atoms with Crippen LogP contribution >= 0.6 is 0 Å². The van der Waals surface area contributed by atoms with E-state index in [0.717, 1.165) is 36.9 Å². The zero-order chi connectivity index (χ0) is 44.8. The van der Waals surface area contributed by atoms with Crippen molar-refractivity contribution in [2.45, 2.75) is 78.0 Å². The standard InChI is InChI=1S/C48H63N5O10/c1-34(2)47(48(59)50-31-45(57)51-37-17-15-35(33-54)16-18-37)52-44(56)20-23-61-25-27-63-29-28-62-26-24-60-22-19-43(55)49-21-9-3-4-14-46(58)53-32-36-10-5-6-11-38(36)40-30-41(40)39-12-7-8-13-42(39)53/h5-8,10-13,15-18,34,47,54H,3-4,9,14,19-33H2,1-2H3,(H,49,55)(H,50,59)(H,51,57)(H,52,56)/t47-/m0/s1. The van der Waals surface area contributed by atoms with Gasteiger partial charge in [0.2, 0.25) is 29.5 Å². The lowest BCUT2D eigenvalue weighted by molar-refractivity contribution is -0.131. The van der Waals surface area contributed by atoms with E-state index in [1.165, 1.54) is 22.3 Å². The van der Waals surface area contributed by atoms with Crippen molar-refractivity contribution in [3.8, 4) is 0 Å². The topological polar surface area (TPSA) is 194 Å². The number of aliphatic hydroxyl groups is 1. The van der Waals surface area contributed by atoms with Crippen LogP contribution in [0.5, 0.6) is 0 Å². The number of ether oxygens (including phenoxy) is 4. The molecule has 15 nitrogen and oxygen atoms in total. The Labute approximate surface area is 370 Å². The van der Waals surface area contributed by atoms with Crippen molar-refractivity contribution >= 4 is 52.1 Å². The molecule has 1 heterocycles. The van der Waals surface area contributed by atoms with Crippen LogP contribution in [0.4, 0.5) is 11.4 Å². The normalized spacial score (nSPS) is 13.2. The van der Waals surface area contributed by atoms with Crippen LogP contribution in [0, 0.1) is 5.92 Å². The Hall–Kier alpha value is -5.45. The second-order valence-electron chi connectivity index (χ2n) is 15.8. The first-order valence-corrected chi connectivity index (χ1v) is 22.0. The summed E-state index contributed by atoms with van der Waals surface area (Å²) in [6.07, 6.45) is 4.14. The van der Waals surface area contributed by atoms with E-state index in [2.05, 4.69) is 51.6 Å². The van der Waals surface area contributed by atoms with Gasteiger partial charge in [-0.3, -0.25) is 24.0 Å². The first-order chi connectivity index (χ1) is 30.6. The van der Waals surface area contributed by atoms with Gasteiger partial charge in [0.1, 0.15) is 6.04 Å². The van der Waals surface area contributed by atoms with Gasteiger partial charge in [-0.1, -0.05) is 74.9 Å². The average Bonchev–Trinajstić information content (AvgIpc) is 4.08. The van der Waals surface area contributed by atoms with Crippen LogP contribution in [-0.2, 0) is 56.1 Å². The Morgan fingerprint density at radius 3 is 1.92 bits per heavy atom. The fourth-order valence-corrected chi connectivity index (χ4v) is 7.12. The Bertz CT molecular complexity index is 2000. The summed E-state index contributed by atoms with van der Waals surface area (Å²) in [5, 5.41) is 20.0. The van der Waals surface area contributed by atoms with E-state index < -0.39 is 17.9 Å². The molecule has 0 aromatic heterocycles. The third kappa shape index (κ3) is 16.3. The van der Waals surface area contributed by atoms with Crippen molar-refractivity contribution < 1.29 is 48.0 Å². The van der Waals surface area contributed by atoms with Crippen LogP contribution in [0.25, 0.3) is 11.1 Å². The Morgan fingerprint density at radius 2 is 1.25 bits per heavy atom. The van der Waals surface area contributed by atoms with Crippen LogP contribution in [0.15, 0.2) is 72.8 Å². The number of aliphatic hydroxyl groups excluding tert-OH is 1. The van der Waals surface area contributed by atoms with Crippen LogP contribution in [0.2, 0.25) is 0 Å². The molecule has 0 saturated heterocycles. The zero-order valence-electron chi connectivity index (χ0n) is 36.6. The number of unbranched alkanes of at least 4 members (excludes halogenated alkanes) is 2. The van der Waals surface area contributed by atoms with Gasteiger partial charge in [-0.15, -0.1) is 0 Å². The molecule has 0 fully saturated rings. The summed E-state index contributed by atoms with van der Waals surface area (Å²) in [6.45, 7) is 6.86. The molecular weight excluding hydrogens is 807 g/mol. The molecule has 1 aliphatic heterocycles. The Morgan fingerprint density at radius 1 is 0.651 bits per heavy atom. The number of rotatable bonds is 28. The molecule has 3 aromatic rings. The molecule has 1 atom stereocenters. The smallest absolute Gasteiger partial charge is 0.243 e. The number of fused-ring (bicyclic) bond motifs is 4. The van der Waals surface area contributed by atoms with E-state index in [1.807, 2.05) is 23.1 Å². The predicted molar refractivity (Wildman–Crippen MR) is 240 cm³/mol. The Balaban J connectivity index is 0.799. The molecule has 3 aromatic carbocycles. The van der Waals surface area contributed by atoms with Crippen LogP contribution in [-0.4, -0.2) is 107 Å². The summed E-state index contributed by atoms with van der Waals surface area (Å²) in [5.74, 6) is -1.39. The number of amides is 5. The first kappa shape index (κ1) is 48.6. The van der Waals surface area contributed by atoms with Crippen molar-refractivity contribution in [1.29, 1.82) is 0 Å². The molecule has 5 amide bonds. The Kier molecular flexibility index (Phi) is 20.2. The molecule has 0 spiro atoms. The number of carbonyl (C=O) groups excluding carboxylic acids is 5. The number of benzene rings is 3. The summed E-state index contributed by atoms with van der Waals surface area (Å²) in [4.78, 5) is 65.2. The fraction of sp³-hybridized carbons (Fsp3) is 0.479. The third-order valence-corrected chi connectivity index (χ3v) is 10.6. The first-order valence-electron chi connectivity index (χ1n) is 22.0. The molecule has 0 unspecified atom stereocenters.